The number of aromatic nitrogens is 1. The fourth-order valence-electron chi connectivity index (χ4n) is 2.35. The number of fused-ring (bicyclic) bond motifs is 1. The summed E-state index contributed by atoms with van der Waals surface area (Å²) >= 11 is 0. The van der Waals surface area contributed by atoms with Gasteiger partial charge in [-0.15, -0.1) is 0 Å². The largest absolute Gasteiger partial charge is 0.378 e. The Bertz CT molecular complexity index is 432. The van der Waals surface area contributed by atoms with Gasteiger partial charge in [0, 0.05) is 12.7 Å². The van der Waals surface area contributed by atoms with Crippen molar-refractivity contribution in [2.24, 2.45) is 0 Å². The molecule has 3 heterocycles. The predicted octanol–water partition coefficient (Wildman–Crippen LogP) is 0.219. The molecule has 2 aliphatic rings. The number of rotatable bonds is 1. The Balaban J connectivity index is 1.88. The molecule has 2 saturated heterocycles. The van der Waals surface area contributed by atoms with Gasteiger partial charge in [0.15, 0.2) is 0 Å². The molecule has 90 valence electrons. The molecule has 0 radical (unpaired) electrons. The number of hydrogen-bond donors (Lipinski definition) is 1. The van der Waals surface area contributed by atoms with Crippen LogP contribution in [0.15, 0.2) is 18.3 Å². The number of hydrogen-bond acceptors (Lipinski definition) is 4. The Morgan fingerprint density at radius 2 is 2.41 bits per heavy atom. The molecule has 1 amide bonds. The summed E-state index contributed by atoms with van der Waals surface area (Å²) < 4.78 is 5.33. The number of carbonyl (C=O) groups excluding carboxylic acids is 1. The van der Waals surface area contributed by atoms with Crippen molar-refractivity contribution in [1.82, 2.24) is 15.2 Å². The fourth-order valence-corrected chi connectivity index (χ4v) is 2.35. The molecule has 0 spiro atoms. The van der Waals surface area contributed by atoms with E-state index in [0.717, 1.165) is 17.8 Å². The first-order chi connectivity index (χ1) is 8.25. The van der Waals surface area contributed by atoms with Crippen molar-refractivity contribution in [2.45, 2.75) is 19.1 Å². The van der Waals surface area contributed by atoms with E-state index in [-0.39, 0.29) is 18.1 Å². The molecule has 5 heteroatoms. The molecule has 0 saturated carbocycles. The number of carbonyl (C=O) groups is 1. The third-order valence-corrected chi connectivity index (χ3v) is 3.30. The Morgan fingerprint density at radius 3 is 3.18 bits per heavy atom. The summed E-state index contributed by atoms with van der Waals surface area (Å²) in [6.07, 6.45) is 1.73. The summed E-state index contributed by atoms with van der Waals surface area (Å²) in [7, 11) is 0. The third kappa shape index (κ3) is 1.81. The highest BCUT2D eigenvalue weighted by molar-refractivity contribution is 5.84. The lowest BCUT2D eigenvalue weighted by atomic mass is 10.2. The highest BCUT2D eigenvalue weighted by Gasteiger charge is 2.42. The zero-order chi connectivity index (χ0) is 11.8. The normalized spacial score (nSPS) is 28.9. The van der Waals surface area contributed by atoms with E-state index in [2.05, 4.69) is 15.2 Å². The van der Waals surface area contributed by atoms with Crippen molar-refractivity contribution >= 4 is 5.91 Å². The van der Waals surface area contributed by atoms with Gasteiger partial charge >= 0.3 is 0 Å². The van der Waals surface area contributed by atoms with Gasteiger partial charge in [0.05, 0.1) is 18.9 Å². The molecule has 0 unspecified atom stereocenters. The lowest BCUT2D eigenvalue weighted by Gasteiger charge is -2.30. The minimum Gasteiger partial charge on any atom is -0.378 e. The zero-order valence-electron chi connectivity index (χ0n) is 9.72. The van der Waals surface area contributed by atoms with E-state index in [9.17, 15) is 4.79 Å². The molecule has 1 N–H and O–H groups in total. The second kappa shape index (κ2) is 4.09. The van der Waals surface area contributed by atoms with Crippen molar-refractivity contribution in [3.05, 3.63) is 29.6 Å². The Hall–Kier alpha value is -1.46. The molecule has 17 heavy (non-hydrogen) atoms. The summed E-state index contributed by atoms with van der Waals surface area (Å²) in [5.74, 6) is 0.0390. The van der Waals surface area contributed by atoms with E-state index in [1.807, 2.05) is 25.3 Å². The Kier molecular flexibility index (Phi) is 2.57. The first kappa shape index (κ1) is 10.7. The van der Waals surface area contributed by atoms with Crippen LogP contribution in [-0.4, -0.2) is 41.6 Å². The molecule has 0 aliphatic carbocycles. The molecular weight excluding hydrogens is 218 g/mol. The summed E-state index contributed by atoms with van der Waals surface area (Å²) in [5, 5.41) is 2.98. The van der Waals surface area contributed by atoms with Crippen molar-refractivity contribution < 1.29 is 9.53 Å². The number of amides is 1. The molecule has 1 aromatic heterocycles. The lowest BCUT2D eigenvalue weighted by Crippen LogP contribution is -2.44. The van der Waals surface area contributed by atoms with Gasteiger partial charge in [-0.3, -0.25) is 14.7 Å². The fraction of sp³-hybridized carbons (Fsp3) is 0.500. The monoisotopic (exact) mass is 233 g/mol. The van der Waals surface area contributed by atoms with Crippen molar-refractivity contribution in [3.8, 4) is 0 Å². The van der Waals surface area contributed by atoms with Gasteiger partial charge in [0.1, 0.15) is 12.2 Å². The van der Waals surface area contributed by atoms with E-state index in [4.69, 9.17) is 4.74 Å². The first-order valence-electron chi connectivity index (χ1n) is 5.82. The van der Waals surface area contributed by atoms with Crippen LogP contribution in [0, 0.1) is 6.92 Å². The highest BCUT2D eigenvalue weighted by Crippen LogP contribution is 2.26. The van der Waals surface area contributed by atoms with Crippen LogP contribution < -0.4 is 5.32 Å². The van der Waals surface area contributed by atoms with Crippen LogP contribution in [0.1, 0.15) is 17.4 Å². The number of pyridine rings is 1. The van der Waals surface area contributed by atoms with Crippen LogP contribution in [0.25, 0.3) is 0 Å². The van der Waals surface area contributed by atoms with Crippen LogP contribution in [0.5, 0.6) is 0 Å². The maximum absolute atomic E-state index is 11.8. The van der Waals surface area contributed by atoms with Crippen molar-refractivity contribution in [3.63, 3.8) is 0 Å². The Labute approximate surface area is 99.8 Å². The van der Waals surface area contributed by atoms with Crippen molar-refractivity contribution in [2.75, 3.05) is 19.8 Å². The maximum atomic E-state index is 11.8. The molecule has 2 fully saturated rings. The summed E-state index contributed by atoms with van der Waals surface area (Å²) in [4.78, 5) is 18.3. The van der Waals surface area contributed by atoms with E-state index < -0.39 is 0 Å². The topological polar surface area (TPSA) is 54.5 Å². The summed E-state index contributed by atoms with van der Waals surface area (Å²) in [6, 6.07) is 3.83. The molecular formula is C12H15N3O2. The average molecular weight is 233 g/mol. The number of aryl methyl sites for hydroxylation is 1. The smallest absolute Gasteiger partial charge is 0.241 e. The number of nitrogens with zero attached hydrogens (tertiary/aromatic N) is 2. The number of nitrogens with one attached hydrogen (secondary N) is 1. The molecule has 5 nitrogen and oxygen atoms in total. The molecule has 0 aromatic carbocycles. The van der Waals surface area contributed by atoms with E-state index >= 15 is 0 Å². The number of ether oxygens (including phenoxy) is 1. The van der Waals surface area contributed by atoms with Crippen LogP contribution in [-0.2, 0) is 9.53 Å². The minimum atomic E-state index is -0.156. The first-order valence-corrected chi connectivity index (χ1v) is 5.82. The van der Waals surface area contributed by atoms with Crippen LogP contribution >= 0.6 is 0 Å². The van der Waals surface area contributed by atoms with Gasteiger partial charge in [-0.2, -0.15) is 0 Å². The summed E-state index contributed by atoms with van der Waals surface area (Å²) in [5.41, 5.74) is 2.02. The molecule has 2 atom stereocenters. The number of morpholine rings is 1. The highest BCUT2D eigenvalue weighted by atomic mass is 16.5. The van der Waals surface area contributed by atoms with Gasteiger partial charge in [0.2, 0.25) is 5.91 Å². The second-order valence-corrected chi connectivity index (χ2v) is 4.50. The van der Waals surface area contributed by atoms with E-state index in [1.54, 1.807) is 0 Å². The van der Waals surface area contributed by atoms with Gasteiger partial charge in [-0.25, -0.2) is 0 Å². The second-order valence-electron chi connectivity index (χ2n) is 4.50. The third-order valence-electron chi connectivity index (χ3n) is 3.30. The zero-order valence-corrected chi connectivity index (χ0v) is 9.72. The standard InChI is InChI=1S/C12H15N3O2/c1-8-2-3-9(13-6-8)11-14-12(16)10-7-17-5-4-15(10)11/h2-3,6,10-11H,4-5,7H2,1H3,(H,14,16)/t10-,11+/m1/s1. The molecule has 2 aliphatic heterocycles. The van der Waals surface area contributed by atoms with Crippen LogP contribution in [0.3, 0.4) is 0 Å². The molecule has 3 rings (SSSR count). The molecule has 1 aromatic rings. The maximum Gasteiger partial charge on any atom is 0.241 e. The SMILES string of the molecule is Cc1ccc([C@H]2NC(=O)[C@H]3COCCN32)nc1. The minimum absolute atomic E-state index is 0.0390. The van der Waals surface area contributed by atoms with Crippen molar-refractivity contribution in [1.29, 1.82) is 0 Å². The van der Waals surface area contributed by atoms with Gasteiger partial charge in [-0.05, 0) is 18.6 Å². The van der Waals surface area contributed by atoms with Crippen LogP contribution in [0.4, 0.5) is 0 Å². The predicted molar refractivity (Wildman–Crippen MR) is 61.2 cm³/mol. The van der Waals surface area contributed by atoms with E-state index in [1.165, 1.54) is 0 Å². The Morgan fingerprint density at radius 1 is 1.53 bits per heavy atom. The quantitative estimate of drug-likeness (QED) is 0.754. The van der Waals surface area contributed by atoms with Gasteiger partial charge in [0.25, 0.3) is 0 Å². The lowest BCUT2D eigenvalue weighted by molar-refractivity contribution is -0.125. The van der Waals surface area contributed by atoms with Crippen LogP contribution in [0.2, 0.25) is 0 Å². The van der Waals surface area contributed by atoms with E-state index in [0.29, 0.717) is 13.2 Å². The average Bonchev–Trinajstić information content (AvgIpc) is 2.69. The molecule has 0 bridgehead atoms. The van der Waals surface area contributed by atoms with Gasteiger partial charge in [-0.1, -0.05) is 6.07 Å². The summed E-state index contributed by atoms with van der Waals surface area (Å²) in [6.45, 7) is 3.92. The van der Waals surface area contributed by atoms with Gasteiger partial charge < -0.3 is 10.1 Å².